The lowest BCUT2D eigenvalue weighted by molar-refractivity contribution is 0.0696. The Morgan fingerprint density at radius 3 is 2.94 bits per heavy atom. The second-order valence-corrected chi connectivity index (χ2v) is 3.60. The van der Waals surface area contributed by atoms with Gasteiger partial charge in [0, 0.05) is 12.4 Å². The van der Waals surface area contributed by atoms with E-state index in [1.54, 1.807) is 18.5 Å². The number of carbonyl (C=O) groups is 1. The van der Waals surface area contributed by atoms with Gasteiger partial charge in [0.1, 0.15) is 0 Å². The Kier molecular flexibility index (Phi) is 2.03. The number of aromatic carboxylic acids is 1. The zero-order valence-electron chi connectivity index (χ0n) is 9.06. The number of aromatic nitrogens is 5. The lowest BCUT2D eigenvalue weighted by Crippen LogP contribution is -2.08. The smallest absolute Gasteiger partial charge is 0.338 e. The molecule has 0 saturated heterocycles. The highest BCUT2D eigenvalue weighted by molar-refractivity contribution is 5.93. The van der Waals surface area contributed by atoms with Crippen LogP contribution in [-0.2, 0) is 0 Å². The maximum Gasteiger partial charge on any atom is 0.338 e. The molecule has 0 bridgehead atoms. The fraction of sp³-hybridized carbons (Fsp3) is 0. The minimum absolute atomic E-state index is 0.0820. The number of hydrogen-bond donors (Lipinski definition) is 2. The summed E-state index contributed by atoms with van der Waals surface area (Å²) in [5.74, 6) is -0.978. The highest BCUT2D eigenvalue weighted by Crippen LogP contribution is 2.16. The van der Waals surface area contributed by atoms with E-state index in [4.69, 9.17) is 5.73 Å². The zero-order chi connectivity index (χ0) is 12.7. The van der Waals surface area contributed by atoms with Crippen molar-refractivity contribution in [2.45, 2.75) is 0 Å². The molecule has 90 valence electrons. The quantitative estimate of drug-likeness (QED) is 0.665. The van der Waals surface area contributed by atoms with E-state index in [1.165, 1.54) is 21.5 Å². The van der Waals surface area contributed by atoms with Crippen molar-refractivity contribution in [1.29, 1.82) is 0 Å². The third-order valence-corrected chi connectivity index (χ3v) is 2.45. The molecule has 0 atom stereocenters. The van der Waals surface area contributed by atoms with E-state index in [1.807, 2.05) is 0 Å². The van der Waals surface area contributed by atoms with Crippen LogP contribution in [0.25, 0.3) is 11.3 Å². The van der Waals surface area contributed by atoms with Gasteiger partial charge in [-0.2, -0.15) is 10.1 Å². The van der Waals surface area contributed by atoms with Crippen molar-refractivity contribution >= 4 is 17.6 Å². The molecule has 0 saturated carbocycles. The third kappa shape index (κ3) is 1.47. The van der Waals surface area contributed by atoms with Crippen LogP contribution in [-0.4, -0.2) is 35.5 Å². The van der Waals surface area contributed by atoms with E-state index < -0.39 is 5.97 Å². The molecule has 8 heteroatoms. The molecular formula is C10H8N6O2. The lowest BCUT2D eigenvalue weighted by Gasteiger charge is -2.06. The van der Waals surface area contributed by atoms with Gasteiger partial charge in [-0.3, -0.25) is 0 Å². The van der Waals surface area contributed by atoms with E-state index in [9.17, 15) is 9.90 Å². The number of pyridine rings is 1. The average molecular weight is 244 g/mol. The molecule has 0 spiro atoms. The fourth-order valence-corrected chi connectivity index (χ4v) is 1.70. The first-order valence-corrected chi connectivity index (χ1v) is 5.04. The first-order chi connectivity index (χ1) is 8.65. The molecule has 0 fully saturated rings. The van der Waals surface area contributed by atoms with Crippen LogP contribution in [0.5, 0.6) is 0 Å². The fourth-order valence-electron chi connectivity index (χ4n) is 1.70. The molecule has 18 heavy (non-hydrogen) atoms. The molecule has 3 aromatic heterocycles. The Hall–Kier alpha value is -2.90. The standard InChI is InChI=1S/C10H8N6O2/c11-10-13-8-4-6(9(17)18)7(5-16(8)14-10)15-3-1-2-12-15/h1-5H,(H2,11,14)(H,17,18). The van der Waals surface area contributed by atoms with Crippen LogP contribution < -0.4 is 5.73 Å². The predicted octanol–water partition coefficient (Wildman–Crippen LogP) is 0.195. The van der Waals surface area contributed by atoms with E-state index in [-0.39, 0.29) is 11.5 Å². The number of anilines is 1. The van der Waals surface area contributed by atoms with Crippen molar-refractivity contribution in [3.63, 3.8) is 0 Å². The number of rotatable bonds is 2. The van der Waals surface area contributed by atoms with Gasteiger partial charge in [0.05, 0.1) is 17.4 Å². The van der Waals surface area contributed by atoms with E-state index in [0.717, 1.165) is 0 Å². The molecule has 8 nitrogen and oxygen atoms in total. The van der Waals surface area contributed by atoms with E-state index in [0.29, 0.717) is 11.3 Å². The number of hydrogen-bond acceptors (Lipinski definition) is 5. The highest BCUT2D eigenvalue weighted by Gasteiger charge is 2.15. The Bertz CT molecular complexity index is 730. The zero-order valence-corrected chi connectivity index (χ0v) is 9.06. The summed E-state index contributed by atoms with van der Waals surface area (Å²) in [4.78, 5) is 15.2. The summed E-state index contributed by atoms with van der Waals surface area (Å²) in [5.41, 5.74) is 6.32. The predicted molar refractivity (Wildman–Crippen MR) is 61.5 cm³/mol. The number of nitrogens with two attached hydrogens (primary N) is 1. The van der Waals surface area contributed by atoms with Crippen LogP contribution in [0.4, 0.5) is 5.95 Å². The molecule has 0 aliphatic heterocycles. The van der Waals surface area contributed by atoms with Gasteiger partial charge in [-0.25, -0.2) is 14.0 Å². The van der Waals surface area contributed by atoms with Crippen molar-refractivity contribution in [3.8, 4) is 5.69 Å². The molecule has 3 rings (SSSR count). The van der Waals surface area contributed by atoms with Crippen molar-refractivity contribution in [1.82, 2.24) is 24.4 Å². The second-order valence-electron chi connectivity index (χ2n) is 3.60. The summed E-state index contributed by atoms with van der Waals surface area (Å²) in [6.45, 7) is 0. The SMILES string of the molecule is Nc1nc2cc(C(=O)O)c(-n3cccn3)cn2n1. The van der Waals surface area contributed by atoms with Crippen molar-refractivity contribution in [3.05, 3.63) is 36.3 Å². The van der Waals surface area contributed by atoms with Crippen LogP contribution >= 0.6 is 0 Å². The molecule has 0 aromatic carbocycles. The number of carboxylic acid groups (broad SMARTS) is 1. The van der Waals surface area contributed by atoms with Crippen molar-refractivity contribution in [2.24, 2.45) is 0 Å². The van der Waals surface area contributed by atoms with Gasteiger partial charge in [-0.1, -0.05) is 0 Å². The number of nitrogens with zero attached hydrogens (tertiary/aromatic N) is 5. The largest absolute Gasteiger partial charge is 0.478 e. The van der Waals surface area contributed by atoms with Crippen LogP contribution in [0.3, 0.4) is 0 Å². The van der Waals surface area contributed by atoms with Gasteiger partial charge < -0.3 is 10.8 Å². The third-order valence-electron chi connectivity index (χ3n) is 2.45. The first kappa shape index (κ1) is 10.3. The Morgan fingerprint density at radius 2 is 2.28 bits per heavy atom. The van der Waals surface area contributed by atoms with Gasteiger partial charge in [0.2, 0.25) is 5.95 Å². The number of nitrogen functional groups attached to an aromatic ring is 1. The minimum Gasteiger partial charge on any atom is -0.478 e. The average Bonchev–Trinajstić information content (AvgIpc) is 2.93. The maximum absolute atomic E-state index is 11.2. The summed E-state index contributed by atoms with van der Waals surface area (Å²) in [6, 6.07) is 3.11. The maximum atomic E-state index is 11.2. The van der Waals surface area contributed by atoms with Crippen molar-refractivity contribution in [2.75, 3.05) is 5.73 Å². The molecule has 3 N–H and O–H groups in total. The topological polar surface area (TPSA) is 111 Å². The Labute approximate surface area is 100 Å². The normalized spacial score (nSPS) is 10.9. The molecule has 0 radical (unpaired) electrons. The monoisotopic (exact) mass is 244 g/mol. The summed E-state index contributed by atoms with van der Waals surface area (Å²) < 4.78 is 2.86. The molecule has 0 aliphatic carbocycles. The van der Waals surface area contributed by atoms with Crippen LogP contribution in [0.2, 0.25) is 0 Å². The van der Waals surface area contributed by atoms with Gasteiger partial charge >= 0.3 is 5.97 Å². The van der Waals surface area contributed by atoms with E-state index >= 15 is 0 Å². The molecule has 0 amide bonds. The number of fused-ring (bicyclic) bond motifs is 1. The molecule has 0 unspecified atom stereocenters. The lowest BCUT2D eigenvalue weighted by atomic mass is 10.2. The van der Waals surface area contributed by atoms with Crippen molar-refractivity contribution < 1.29 is 9.90 Å². The summed E-state index contributed by atoms with van der Waals surface area (Å²) >= 11 is 0. The molecular weight excluding hydrogens is 236 g/mol. The van der Waals surface area contributed by atoms with Gasteiger partial charge in [0.15, 0.2) is 5.65 Å². The molecule has 3 heterocycles. The van der Waals surface area contributed by atoms with E-state index in [2.05, 4.69) is 15.2 Å². The van der Waals surface area contributed by atoms with Crippen LogP contribution in [0, 0.1) is 0 Å². The Balaban J connectivity index is 2.33. The summed E-state index contributed by atoms with van der Waals surface area (Å²) in [7, 11) is 0. The Morgan fingerprint density at radius 1 is 1.44 bits per heavy atom. The summed E-state index contributed by atoms with van der Waals surface area (Å²) in [5, 5.41) is 17.1. The van der Waals surface area contributed by atoms with Gasteiger partial charge in [-0.15, -0.1) is 5.10 Å². The number of carboxylic acids is 1. The van der Waals surface area contributed by atoms with Crippen LogP contribution in [0.1, 0.15) is 10.4 Å². The van der Waals surface area contributed by atoms with Gasteiger partial charge in [0.25, 0.3) is 0 Å². The highest BCUT2D eigenvalue weighted by atomic mass is 16.4. The summed E-state index contributed by atoms with van der Waals surface area (Å²) in [6.07, 6.45) is 4.73. The second kappa shape index (κ2) is 3.55. The van der Waals surface area contributed by atoms with Crippen LogP contribution in [0.15, 0.2) is 30.7 Å². The first-order valence-electron chi connectivity index (χ1n) is 5.04. The molecule has 0 aliphatic rings. The molecule has 3 aromatic rings. The van der Waals surface area contributed by atoms with Gasteiger partial charge in [-0.05, 0) is 12.1 Å². The minimum atomic E-state index is -1.07.